The maximum absolute atomic E-state index is 12.2. The smallest absolute Gasteiger partial charge is 0.257 e. The lowest BCUT2D eigenvalue weighted by Gasteiger charge is -2.12. The molecule has 0 saturated heterocycles. The number of nitrogens with one attached hydrogen (secondary N) is 2. The molecular formula is C17H18N2OS. The van der Waals surface area contributed by atoms with Crippen molar-refractivity contribution < 1.29 is 4.79 Å². The number of aryl methyl sites for hydroxylation is 3. The van der Waals surface area contributed by atoms with Crippen LogP contribution < -0.4 is 10.6 Å². The molecule has 0 aromatic heterocycles. The Hall–Kier alpha value is -2.20. The second-order valence-electron chi connectivity index (χ2n) is 5.04. The summed E-state index contributed by atoms with van der Waals surface area (Å²) in [7, 11) is 0. The zero-order valence-corrected chi connectivity index (χ0v) is 13.2. The van der Waals surface area contributed by atoms with Gasteiger partial charge in [0.25, 0.3) is 5.91 Å². The third-order valence-corrected chi connectivity index (χ3v) is 3.45. The molecule has 0 radical (unpaired) electrons. The van der Waals surface area contributed by atoms with Crippen molar-refractivity contribution in [1.29, 1.82) is 0 Å². The van der Waals surface area contributed by atoms with Crippen LogP contribution in [0.15, 0.2) is 42.5 Å². The molecule has 2 rings (SSSR count). The van der Waals surface area contributed by atoms with Crippen LogP contribution in [0.25, 0.3) is 0 Å². The summed E-state index contributed by atoms with van der Waals surface area (Å²) in [6.07, 6.45) is 0. The van der Waals surface area contributed by atoms with E-state index >= 15 is 0 Å². The van der Waals surface area contributed by atoms with Gasteiger partial charge >= 0.3 is 0 Å². The largest absolute Gasteiger partial charge is 0.332 e. The summed E-state index contributed by atoms with van der Waals surface area (Å²) in [5, 5.41) is 6.06. The summed E-state index contributed by atoms with van der Waals surface area (Å²) in [6, 6.07) is 13.5. The van der Waals surface area contributed by atoms with Gasteiger partial charge < -0.3 is 5.32 Å². The third-order valence-electron chi connectivity index (χ3n) is 3.25. The zero-order valence-electron chi connectivity index (χ0n) is 12.4. The van der Waals surface area contributed by atoms with E-state index in [2.05, 4.69) is 10.6 Å². The van der Waals surface area contributed by atoms with Gasteiger partial charge in [-0.2, -0.15) is 0 Å². The minimum absolute atomic E-state index is 0.196. The van der Waals surface area contributed by atoms with Gasteiger partial charge in [0.2, 0.25) is 0 Å². The van der Waals surface area contributed by atoms with Gasteiger partial charge in [-0.25, -0.2) is 0 Å². The highest BCUT2D eigenvalue weighted by atomic mass is 32.1. The van der Waals surface area contributed by atoms with Crippen LogP contribution in [0.3, 0.4) is 0 Å². The Morgan fingerprint density at radius 1 is 1.00 bits per heavy atom. The summed E-state index contributed by atoms with van der Waals surface area (Å²) in [5.41, 5.74) is 4.66. The first kappa shape index (κ1) is 15.2. The number of hydrogen-bond donors (Lipinski definition) is 2. The van der Waals surface area contributed by atoms with E-state index in [9.17, 15) is 4.79 Å². The van der Waals surface area contributed by atoms with Crippen LogP contribution in [0, 0.1) is 20.8 Å². The van der Waals surface area contributed by atoms with Crippen LogP contribution in [0.1, 0.15) is 27.0 Å². The van der Waals surface area contributed by atoms with E-state index in [-0.39, 0.29) is 5.91 Å². The van der Waals surface area contributed by atoms with E-state index in [1.165, 1.54) is 0 Å². The van der Waals surface area contributed by atoms with Crippen molar-refractivity contribution in [2.45, 2.75) is 20.8 Å². The topological polar surface area (TPSA) is 41.1 Å². The van der Waals surface area contributed by atoms with Gasteiger partial charge in [-0.3, -0.25) is 10.1 Å². The molecule has 0 aliphatic rings. The van der Waals surface area contributed by atoms with E-state index in [4.69, 9.17) is 12.2 Å². The molecule has 3 nitrogen and oxygen atoms in total. The molecule has 4 heteroatoms. The molecule has 0 heterocycles. The fourth-order valence-corrected chi connectivity index (χ4v) is 2.31. The van der Waals surface area contributed by atoms with Crippen LogP contribution in [0.5, 0.6) is 0 Å². The molecule has 2 aromatic carbocycles. The monoisotopic (exact) mass is 298 g/mol. The summed E-state index contributed by atoms with van der Waals surface area (Å²) < 4.78 is 0. The average molecular weight is 298 g/mol. The van der Waals surface area contributed by atoms with Crippen molar-refractivity contribution in [1.82, 2.24) is 5.32 Å². The standard InChI is InChI=1S/C17H18N2OS/c1-11-8-9-14(13(3)10-11)16(20)19-17(21)18-15-7-5-4-6-12(15)2/h4-10H,1-3H3,(H2,18,19,20,21). The Bertz CT molecular complexity index is 695. The molecule has 0 saturated carbocycles. The maximum Gasteiger partial charge on any atom is 0.257 e. The first-order valence-electron chi connectivity index (χ1n) is 6.72. The lowest BCUT2D eigenvalue weighted by molar-refractivity contribution is 0.0977. The number of benzene rings is 2. The molecule has 0 aliphatic carbocycles. The quantitative estimate of drug-likeness (QED) is 0.830. The Morgan fingerprint density at radius 2 is 1.71 bits per heavy atom. The van der Waals surface area contributed by atoms with Gasteiger partial charge in [0.05, 0.1) is 0 Å². The number of para-hydroxylation sites is 1. The fourth-order valence-electron chi connectivity index (χ4n) is 2.11. The highest BCUT2D eigenvalue weighted by Crippen LogP contribution is 2.13. The second kappa shape index (κ2) is 6.50. The van der Waals surface area contributed by atoms with Gasteiger partial charge in [0, 0.05) is 11.3 Å². The number of anilines is 1. The molecule has 0 aliphatic heterocycles. The summed E-state index contributed by atoms with van der Waals surface area (Å²) in [6.45, 7) is 5.90. The van der Waals surface area contributed by atoms with Gasteiger partial charge in [0.1, 0.15) is 0 Å². The van der Waals surface area contributed by atoms with Crippen LogP contribution in [0.2, 0.25) is 0 Å². The van der Waals surface area contributed by atoms with Crippen molar-refractivity contribution in [3.8, 4) is 0 Å². The maximum atomic E-state index is 12.2. The predicted octanol–water partition coefficient (Wildman–Crippen LogP) is 3.74. The Morgan fingerprint density at radius 3 is 2.38 bits per heavy atom. The van der Waals surface area contributed by atoms with E-state index < -0.39 is 0 Å². The molecule has 0 bridgehead atoms. The van der Waals surface area contributed by atoms with Crippen molar-refractivity contribution in [3.63, 3.8) is 0 Å². The van der Waals surface area contributed by atoms with Crippen LogP contribution in [0.4, 0.5) is 5.69 Å². The fraction of sp³-hybridized carbons (Fsp3) is 0.176. The Balaban J connectivity index is 2.06. The highest BCUT2D eigenvalue weighted by molar-refractivity contribution is 7.80. The van der Waals surface area contributed by atoms with E-state index in [1.807, 2.05) is 63.2 Å². The molecule has 0 fully saturated rings. The Labute approximate surface area is 130 Å². The van der Waals surface area contributed by atoms with Gasteiger partial charge in [-0.1, -0.05) is 35.9 Å². The van der Waals surface area contributed by atoms with Crippen LogP contribution >= 0.6 is 12.2 Å². The molecule has 2 N–H and O–H groups in total. The van der Waals surface area contributed by atoms with Crippen LogP contribution in [-0.2, 0) is 0 Å². The molecule has 0 spiro atoms. The van der Waals surface area contributed by atoms with Crippen molar-refractivity contribution in [3.05, 3.63) is 64.7 Å². The molecule has 21 heavy (non-hydrogen) atoms. The van der Waals surface area contributed by atoms with Crippen LogP contribution in [-0.4, -0.2) is 11.0 Å². The van der Waals surface area contributed by atoms with Gasteiger partial charge in [0.15, 0.2) is 5.11 Å². The molecule has 2 aromatic rings. The molecular weight excluding hydrogens is 280 g/mol. The van der Waals surface area contributed by atoms with Crippen molar-refractivity contribution >= 4 is 28.9 Å². The number of carbonyl (C=O) groups excluding carboxylic acids is 1. The normalized spacial score (nSPS) is 10.0. The highest BCUT2D eigenvalue weighted by Gasteiger charge is 2.11. The molecule has 1 amide bonds. The predicted molar refractivity (Wildman–Crippen MR) is 90.8 cm³/mol. The zero-order chi connectivity index (χ0) is 15.4. The number of amides is 1. The molecule has 0 unspecified atom stereocenters. The number of rotatable bonds is 2. The minimum atomic E-state index is -0.196. The van der Waals surface area contributed by atoms with E-state index in [0.717, 1.165) is 22.4 Å². The average Bonchev–Trinajstić information content (AvgIpc) is 2.41. The number of carbonyl (C=O) groups is 1. The number of hydrogen-bond acceptors (Lipinski definition) is 2. The summed E-state index contributed by atoms with van der Waals surface area (Å²) >= 11 is 5.20. The Kier molecular flexibility index (Phi) is 4.70. The second-order valence-corrected chi connectivity index (χ2v) is 5.45. The third kappa shape index (κ3) is 3.89. The SMILES string of the molecule is Cc1ccc(C(=O)NC(=S)Nc2ccccc2C)c(C)c1. The first-order valence-corrected chi connectivity index (χ1v) is 7.13. The molecule has 0 atom stereocenters. The minimum Gasteiger partial charge on any atom is -0.332 e. The van der Waals surface area contributed by atoms with E-state index in [0.29, 0.717) is 10.7 Å². The summed E-state index contributed by atoms with van der Waals surface area (Å²) in [5.74, 6) is -0.196. The lowest BCUT2D eigenvalue weighted by Crippen LogP contribution is -2.34. The molecule has 108 valence electrons. The lowest BCUT2D eigenvalue weighted by atomic mass is 10.1. The van der Waals surface area contributed by atoms with E-state index in [1.54, 1.807) is 0 Å². The summed E-state index contributed by atoms with van der Waals surface area (Å²) in [4.78, 5) is 12.2. The van der Waals surface area contributed by atoms with Gasteiger partial charge in [-0.05, 0) is 56.2 Å². The first-order chi connectivity index (χ1) is 9.97. The van der Waals surface area contributed by atoms with Crippen molar-refractivity contribution in [2.24, 2.45) is 0 Å². The van der Waals surface area contributed by atoms with Gasteiger partial charge in [-0.15, -0.1) is 0 Å². The van der Waals surface area contributed by atoms with Crippen molar-refractivity contribution in [2.75, 3.05) is 5.32 Å². The number of thiocarbonyl (C=S) groups is 1.